The molecule has 1 aromatic heterocycles. The zero-order chi connectivity index (χ0) is 8.77. The van der Waals surface area contributed by atoms with Gasteiger partial charge in [0.25, 0.3) is 0 Å². The number of H-pyrrole nitrogens is 1. The number of nitrogen functional groups attached to an aromatic ring is 1. The second-order valence-electron chi connectivity index (χ2n) is 4.00. The highest BCUT2D eigenvalue weighted by molar-refractivity contribution is 5.65. The largest absolute Gasteiger partial charge is 0.382 e. The molecule has 0 spiro atoms. The quantitative estimate of drug-likeness (QED) is 0.610. The number of anilines is 1. The van der Waals surface area contributed by atoms with E-state index in [2.05, 4.69) is 36.2 Å². The Balaban J connectivity index is 2.48. The summed E-state index contributed by atoms with van der Waals surface area (Å²) >= 11 is 0. The fourth-order valence-electron chi connectivity index (χ4n) is 1.55. The Morgan fingerprint density at radius 1 is 1.58 bits per heavy atom. The van der Waals surface area contributed by atoms with Gasteiger partial charge in [-0.25, -0.2) is 0 Å². The van der Waals surface area contributed by atoms with E-state index in [9.17, 15) is 0 Å². The number of nitrogens with one attached hydrogen (secondary N) is 1. The van der Waals surface area contributed by atoms with Gasteiger partial charge in [-0.3, -0.25) is 5.10 Å². The normalized spacial score (nSPS) is 19.2. The molecule has 1 aliphatic carbocycles. The molecule has 0 saturated heterocycles. The van der Waals surface area contributed by atoms with Gasteiger partial charge in [0.1, 0.15) is 0 Å². The van der Waals surface area contributed by atoms with Gasteiger partial charge in [0.05, 0.1) is 0 Å². The summed E-state index contributed by atoms with van der Waals surface area (Å²) in [5, 5.41) is 6.92. The lowest BCUT2D eigenvalue weighted by Crippen LogP contribution is -2.15. The van der Waals surface area contributed by atoms with Crippen LogP contribution >= 0.6 is 0 Å². The lowest BCUT2D eigenvalue weighted by Gasteiger charge is -2.23. The summed E-state index contributed by atoms with van der Waals surface area (Å²) in [6.07, 6.45) is 5.22. The molecule has 0 aliphatic heterocycles. The van der Waals surface area contributed by atoms with Crippen molar-refractivity contribution < 1.29 is 0 Å². The summed E-state index contributed by atoms with van der Waals surface area (Å²) in [6, 6.07) is 0. The average molecular weight is 163 g/mol. The zero-order valence-electron chi connectivity index (χ0n) is 7.39. The topological polar surface area (TPSA) is 54.7 Å². The molecule has 1 heterocycles. The van der Waals surface area contributed by atoms with Crippen LogP contribution in [0.4, 0.5) is 5.82 Å². The number of fused-ring (bicyclic) bond motifs is 1. The van der Waals surface area contributed by atoms with Crippen molar-refractivity contribution in [1.82, 2.24) is 10.2 Å². The van der Waals surface area contributed by atoms with Crippen LogP contribution in [0, 0.1) is 5.41 Å². The minimum Gasteiger partial charge on any atom is -0.382 e. The summed E-state index contributed by atoms with van der Waals surface area (Å²) in [6.45, 7) is 4.40. The number of nitrogens with zero attached hydrogens (tertiary/aromatic N) is 1. The smallest absolute Gasteiger partial charge is 0.152 e. The molecule has 0 radical (unpaired) electrons. The first-order valence-corrected chi connectivity index (χ1v) is 4.10. The van der Waals surface area contributed by atoms with Crippen LogP contribution in [-0.4, -0.2) is 10.2 Å². The number of aromatic amines is 1. The van der Waals surface area contributed by atoms with Crippen LogP contribution in [-0.2, 0) is 6.42 Å². The molecule has 0 fully saturated rings. The van der Waals surface area contributed by atoms with E-state index in [0.29, 0.717) is 5.82 Å². The Labute approximate surface area is 71.7 Å². The van der Waals surface area contributed by atoms with Gasteiger partial charge in [0.15, 0.2) is 5.82 Å². The van der Waals surface area contributed by atoms with Crippen molar-refractivity contribution in [2.75, 3.05) is 5.73 Å². The third-order valence-electron chi connectivity index (χ3n) is 2.25. The first-order chi connectivity index (χ1) is 5.58. The third-order valence-corrected chi connectivity index (χ3v) is 2.25. The molecule has 12 heavy (non-hydrogen) atoms. The fraction of sp³-hybridized carbons (Fsp3) is 0.444. The molecule has 2 rings (SSSR count). The van der Waals surface area contributed by atoms with E-state index in [-0.39, 0.29) is 5.41 Å². The standard InChI is InChI=1S/C9H13N3/c1-9(2)4-3-6-7(5-9)11-12-8(6)10/h3-4H,5H2,1-2H3,(H3,10,11,12). The van der Waals surface area contributed by atoms with E-state index in [1.165, 1.54) is 0 Å². The molecule has 1 aliphatic rings. The van der Waals surface area contributed by atoms with Crippen LogP contribution < -0.4 is 5.73 Å². The van der Waals surface area contributed by atoms with Gasteiger partial charge in [-0.2, -0.15) is 5.10 Å². The fourth-order valence-corrected chi connectivity index (χ4v) is 1.55. The van der Waals surface area contributed by atoms with Crippen LogP contribution in [0.3, 0.4) is 0 Å². The molecule has 0 unspecified atom stereocenters. The molecule has 3 N–H and O–H groups in total. The highest BCUT2D eigenvalue weighted by atomic mass is 15.2. The van der Waals surface area contributed by atoms with Gasteiger partial charge in [0.2, 0.25) is 0 Å². The first kappa shape index (κ1) is 7.40. The van der Waals surface area contributed by atoms with Crippen LogP contribution in [0.25, 0.3) is 6.08 Å². The van der Waals surface area contributed by atoms with E-state index in [1.54, 1.807) is 0 Å². The molecule has 0 atom stereocenters. The number of allylic oxidation sites excluding steroid dienone is 1. The maximum atomic E-state index is 5.66. The van der Waals surface area contributed by atoms with E-state index >= 15 is 0 Å². The molecule has 3 nitrogen and oxygen atoms in total. The minimum atomic E-state index is 0.228. The minimum absolute atomic E-state index is 0.228. The molecule has 0 aromatic carbocycles. The summed E-state index contributed by atoms with van der Waals surface area (Å²) in [5.74, 6) is 0.608. The molecule has 1 aromatic rings. The van der Waals surface area contributed by atoms with Crippen molar-refractivity contribution in [1.29, 1.82) is 0 Å². The Morgan fingerprint density at radius 3 is 3.08 bits per heavy atom. The van der Waals surface area contributed by atoms with Crippen molar-refractivity contribution >= 4 is 11.9 Å². The SMILES string of the molecule is CC1(C)C=Cc2c(N)n[nH]c2C1. The zero-order valence-corrected chi connectivity index (χ0v) is 7.39. The first-order valence-electron chi connectivity index (χ1n) is 4.10. The number of nitrogens with two attached hydrogens (primary N) is 1. The predicted octanol–water partition coefficient (Wildman–Crippen LogP) is 1.59. The summed E-state index contributed by atoms with van der Waals surface area (Å²) in [5.41, 5.74) is 8.10. The molecule has 64 valence electrons. The van der Waals surface area contributed by atoms with Crippen LogP contribution in [0.2, 0.25) is 0 Å². The van der Waals surface area contributed by atoms with E-state index < -0.39 is 0 Å². The summed E-state index contributed by atoms with van der Waals surface area (Å²) < 4.78 is 0. The molecular weight excluding hydrogens is 150 g/mol. The van der Waals surface area contributed by atoms with E-state index in [4.69, 9.17) is 5.73 Å². The highest BCUT2D eigenvalue weighted by Crippen LogP contribution is 2.32. The Morgan fingerprint density at radius 2 is 2.33 bits per heavy atom. The number of hydrogen-bond donors (Lipinski definition) is 2. The summed E-state index contributed by atoms with van der Waals surface area (Å²) in [4.78, 5) is 0. The number of rotatable bonds is 0. The van der Waals surface area contributed by atoms with Crippen LogP contribution in [0.1, 0.15) is 25.1 Å². The molecule has 0 bridgehead atoms. The van der Waals surface area contributed by atoms with Gasteiger partial charge >= 0.3 is 0 Å². The van der Waals surface area contributed by atoms with E-state index in [1.807, 2.05) is 0 Å². The Hall–Kier alpha value is -1.25. The lowest BCUT2D eigenvalue weighted by atomic mass is 9.82. The van der Waals surface area contributed by atoms with Crippen molar-refractivity contribution in [3.63, 3.8) is 0 Å². The van der Waals surface area contributed by atoms with Gasteiger partial charge in [-0.15, -0.1) is 0 Å². The Bertz CT molecular complexity index is 334. The van der Waals surface area contributed by atoms with E-state index in [0.717, 1.165) is 17.7 Å². The summed E-state index contributed by atoms with van der Waals surface area (Å²) in [7, 11) is 0. The maximum absolute atomic E-state index is 5.66. The van der Waals surface area contributed by atoms with Crippen molar-refractivity contribution in [3.05, 3.63) is 17.3 Å². The third kappa shape index (κ3) is 1.02. The number of aromatic nitrogens is 2. The molecule has 0 amide bonds. The van der Waals surface area contributed by atoms with Gasteiger partial charge < -0.3 is 5.73 Å². The molecule has 0 saturated carbocycles. The number of hydrogen-bond acceptors (Lipinski definition) is 2. The highest BCUT2D eigenvalue weighted by Gasteiger charge is 2.23. The van der Waals surface area contributed by atoms with Gasteiger partial charge in [-0.05, 0) is 11.8 Å². The maximum Gasteiger partial charge on any atom is 0.152 e. The lowest BCUT2D eigenvalue weighted by molar-refractivity contribution is 0.468. The molecular formula is C9H13N3. The monoisotopic (exact) mass is 163 g/mol. The second kappa shape index (κ2) is 2.12. The van der Waals surface area contributed by atoms with Crippen molar-refractivity contribution in [2.45, 2.75) is 20.3 Å². The van der Waals surface area contributed by atoms with Crippen molar-refractivity contribution in [3.8, 4) is 0 Å². The van der Waals surface area contributed by atoms with Gasteiger partial charge in [0, 0.05) is 11.3 Å². The van der Waals surface area contributed by atoms with Gasteiger partial charge in [-0.1, -0.05) is 26.0 Å². The van der Waals surface area contributed by atoms with Crippen LogP contribution in [0.15, 0.2) is 6.08 Å². The second-order valence-corrected chi connectivity index (χ2v) is 4.00. The van der Waals surface area contributed by atoms with Crippen LogP contribution in [0.5, 0.6) is 0 Å². The Kier molecular flexibility index (Phi) is 1.31. The van der Waals surface area contributed by atoms with Crippen molar-refractivity contribution in [2.24, 2.45) is 5.41 Å². The molecule has 3 heteroatoms. The predicted molar refractivity (Wildman–Crippen MR) is 49.5 cm³/mol. The average Bonchev–Trinajstić information content (AvgIpc) is 2.30.